The van der Waals surface area contributed by atoms with Crippen molar-refractivity contribution in [2.75, 3.05) is 24.5 Å². The van der Waals surface area contributed by atoms with Gasteiger partial charge in [0.15, 0.2) is 0 Å². The van der Waals surface area contributed by atoms with E-state index in [-0.39, 0.29) is 5.91 Å². The third-order valence-corrected chi connectivity index (χ3v) is 7.40. The standard InChI is InChI=1S/C33H37N3O/c1-3-35(30-15-9-11-25(2)23-30)22-10-21-34-33(37)27-17-19-29(20-18-27)36-31-16-8-7-14-28(31)24-32(36)26-12-5-4-6-13-26/h4-6,9,11-13,15,17-20,23-24H,3,7-8,10,14,16,21-22H2,1-2H3,(H,34,37). The molecule has 4 heteroatoms. The summed E-state index contributed by atoms with van der Waals surface area (Å²) in [5.41, 5.74) is 9.67. The van der Waals surface area contributed by atoms with Crippen molar-refractivity contribution in [1.82, 2.24) is 9.88 Å². The lowest BCUT2D eigenvalue weighted by atomic mass is 9.98. The van der Waals surface area contributed by atoms with Gasteiger partial charge in [-0.2, -0.15) is 0 Å². The molecule has 1 N–H and O–H groups in total. The van der Waals surface area contributed by atoms with Crippen LogP contribution in [-0.4, -0.2) is 30.1 Å². The second kappa shape index (κ2) is 11.5. The predicted molar refractivity (Wildman–Crippen MR) is 154 cm³/mol. The first-order chi connectivity index (χ1) is 18.1. The van der Waals surface area contributed by atoms with Crippen LogP contribution < -0.4 is 10.2 Å². The monoisotopic (exact) mass is 491 g/mol. The van der Waals surface area contributed by atoms with Gasteiger partial charge >= 0.3 is 0 Å². The summed E-state index contributed by atoms with van der Waals surface area (Å²) in [6.45, 7) is 6.82. The molecule has 0 unspecified atom stereocenters. The fraction of sp³-hybridized carbons (Fsp3) is 0.303. The molecule has 0 saturated heterocycles. The van der Waals surface area contributed by atoms with Gasteiger partial charge in [0.2, 0.25) is 0 Å². The Morgan fingerprint density at radius 3 is 2.46 bits per heavy atom. The molecule has 190 valence electrons. The van der Waals surface area contributed by atoms with Crippen molar-refractivity contribution >= 4 is 11.6 Å². The maximum Gasteiger partial charge on any atom is 0.251 e. The zero-order valence-corrected chi connectivity index (χ0v) is 22.0. The first-order valence-corrected chi connectivity index (χ1v) is 13.6. The first kappa shape index (κ1) is 24.9. The van der Waals surface area contributed by atoms with Crippen LogP contribution in [0, 0.1) is 6.92 Å². The van der Waals surface area contributed by atoms with Gasteiger partial charge in [-0.25, -0.2) is 0 Å². The maximum atomic E-state index is 12.9. The minimum absolute atomic E-state index is 0.0111. The summed E-state index contributed by atoms with van der Waals surface area (Å²) in [5, 5.41) is 3.11. The minimum atomic E-state index is -0.0111. The van der Waals surface area contributed by atoms with Crippen molar-refractivity contribution in [3.05, 3.63) is 107 Å². The molecule has 4 nitrogen and oxygen atoms in total. The van der Waals surface area contributed by atoms with E-state index < -0.39 is 0 Å². The van der Waals surface area contributed by atoms with E-state index in [1.165, 1.54) is 46.6 Å². The van der Waals surface area contributed by atoms with Gasteiger partial charge in [-0.1, -0.05) is 42.5 Å². The summed E-state index contributed by atoms with van der Waals surface area (Å²) in [7, 11) is 0. The molecular weight excluding hydrogens is 454 g/mol. The second-order valence-corrected chi connectivity index (χ2v) is 9.99. The summed E-state index contributed by atoms with van der Waals surface area (Å²) < 4.78 is 2.40. The number of aromatic nitrogens is 1. The summed E-state index contributed by atoms with van der Waals surface area (Å²) >= 11 is 0. The van der Waals surface area contributed by atoms with Crippen LogP contribution in [0.25, 0.3) is 16.9 Å². The molecule has 37 heavy (non-hydrogen) atoms. The Morgan fingerprint density at radius 1 is 0.919 bits per heavy atom. The quantitative estimate of drug-likeness (QED) is 0.257. The molecule has 4 aromatic rings. The number of aryl methyl sites for hydroxylation is 2. The molecule has 0 saturated carbocycles. The highest BCUT2D eigenvalue weighted by molar-refractivity contribution is 5.94. The summed E-state index contributed by atoms with van der Waals surface area (Å²) in [6.07, 6.45) is 5.63. The van der Waals surface area contributed by atoms with Crippen LogP contribution in [0.15, 0.2) is 84.9 Å². The molecule has 1 aliphatic carbocycles. The number of nitrogens with zero attached hydrogens (tertiary/aromatic N) is 2. The second-order valence-electron chi connectivity index (χ2n) is 9.99. The largest absolute Gasteiger partial charge is 0.372 e. The van der Waals surface area contributed by atoms with Crippen LogP contribution >= 0.6 is 0 Å². The molecule has 0 fully saturated rings. The van der Waals surface area contributed by atoms with Crippen molar-refractivity contribution < 1.29 is 4.79 Å². The number of nitrogens with one attached hydrogen (secondary N) is 1. The van der Waals surface area contributed by atoms with E-state index in [9.17, 15) is 4.79 Å². The SMILES string of the molecule is CCN(CCCNC(=O)c1ccc(-n2c(-c3ccccc3)cc3c2CCCC3)cc1)c1cccc(C)c1. The van der Waals surface area contributed by atoms with E-state index in [2.05, 4.69) is 101 Å². The van der Waals surface area contributed by atoms with Crippen molar-refractivity contribution in [2.24, 2.45) is 0 Å². The van der Waals surface area contributed by atoms with Gasteiger partial charge < -0.3 is 14.8 Å². The highest BCUT2D eigenvalue weighted by Gasteiger charge is 2.20. The molecule has 1 aliphatic rings. The Morgan fingerprint density at radius 2 is 1.70 bits per heavy atom. The van der Waals surface area contributed by atoms with Crippen LogP contribution in [0.4, 0.5) is 5.69 Å². The average molecular weight is 492 g/mol. The smallest absolute Gasteiger partial charge is 0.251 e. The van der Waals surface area contributed by atoms with Gasteiger partial charge in [0.05, 0.1) is 5.69 Å². The molecule has 1 heterocycles. The predicted octanol–water partition coefficient (Wildman–Crippen LogP) is 6.98. The third kappa shape index (κ3) is 5.64. The number of carbonyl (C=O) groups is 1. The van der Waals surface area contributed by atoms with Crippen molar-refractivity contribution in [3.63, 3.8) is 0 Å². The van der Waals surface area contributed by atoms with Crippen LogP contribution in [-0.2, 0) is 12.8 Å². The number of benzene rings is 3. The highest BCUT2D eigenvalue weighted by Crippen LogP contribution is 2.34. The minimum Gasteiger partial charge on any atom is -0.372 e. The maximum absolute atomic E-state index is 12.9. The van der Waals surface area contributed by atoms with E-state index in [4.69, 9.17) is 0 Å². The molecular formula is C33H37N3O. The number of hydrogen-bond acceptors (Lipinski definition) is 2. The molecule has 0 radical (unpaired) electrons. The van der Waals surface area contributed by atoms with Crippen LogP contribution in [0.5, 0.6) is 0 Å². The van der Waals surface area contributed by atoms with Gasteiger partial charge in [0, 0.05) is 42.3 Å². The third-order valence-electron chi connectivity index (χ3n) is 7.40. The van der Waals surface area contributed by atoms with Crippen molar-refractivity contribution in [3.8, 4) is 16.9 Å². The van der Waals surface area contributed by atoms with Crippen LogP contribution in [0.2, 0.25) is 0 Å². The molecule has 3 aromatic carbocycles. The highest BCUT2D eigenvalue weighted by atomic mass is 16.1. The van der Waals surface area contributed by atoms with E-state index in [0.29, 0.717) is 12.1 Å². The van der Waals surface area contributed by atoms with Crippen molar-refractivity contribution in [1.29, 1.82) is 0 Å². The van der Waals surface area contributed by atoms with E-state index in [0.717, 1.165) is 38.0 Å². The van der Waals surface area contributed by atoms with E-state index >= 15 is 0 Å². The molecule has 0 atom stereocenters. The number of rotatable bonds is 9. The van der Waals surface area contributed by atoms with E-state index in [1.54, 1.807) is 0 Å². The Kier molecular flexibility index (Phi) is 7.74. The number of anilines is 1. The fourth-order valence-corrected chi connectivity index (χ4v) is 5.45. The van der Waals surface area contributed by atoms with Crippen molar-refractivity contribution in [2.45, 2.75) is 46.0 Å². The summed E-state index contributed by atoms with van der Waals surface area (Å²) in [5.74, 6) is -0.0111. The zero-order chi connectivity index (χ0) is 25.6. The van der Waals surface area contributed by atoms with Gasteiger partial charge in [-0.15, -0.1) is 0 Å². The van der Waals surface area contributed by atoms with Crippen LogP contribution in [0.1, 0.15) is 53.4 Å². The molecule has 5 rings (SSSR count). The van der Waals surface area contributed by atoms with Gasteiger partial charge in [0.1, 0.15) is 0 Å². The molecule has 1 amide bonds. The first-order valence-electron chi connectivity index (χ1n) is 13.6. The van der Waals surface area contributed by atoms with Crippen LogP contribution in [0.3, 0.4) is 0 Å². The Labute approximate surface area is 221 Å². The normalized spacial score (nSPS) is 12.7. The summed E-state index contributed by atoms with van der Waals surface area (Å²) in [4.78, 5) is 15.2. The molecule has 1 aromatic heterocycles. The lowest BCUT2D eigenvalue weighted by molar-refractivity contribution is 0.0953. The fourth-order valence-electron chi connectivity index (χ4n) is 5.45. The van der Waals surface area contributed by atoms with Gasteiger partial charge in [-0.3, -0.25) is 4.79 Å². The Balaban J connectivity index is 1.25. The topological polar surface area (TPSA) is 37.3 Å². The average Bonchev–Trinajstić information content (AvgIpc) is 3.33. The summed E-state index contributed by atoms with van der Waals surface area (Å²) in [6, 6.07) is 29.7. The Bertz CT molecular complexity index is 1340. The zero-order valence-electron chi connectivity index (χ0n) is 22.0. The molecule has 0 bridgehead atoms. The lowest BCUT2D eigenvalue weighted by Gasteiger charge is -2.23. The molecule has 0 aliphatic heterocycles. The number of amides is 1. The molecule has 0 spiro atoms. The van der Waals surface area contributed by atoms with Gasteiger partial charge in [-0.05, 0) is 105 Å². The number of carbonyl (C=O) groups excluding carboxylic acids is 1. The number of fused-ring (bicyclic) bond motifs is 1. The van der Waals surface area contributed by atoms with E-state index in [1.807, 2.05) is 12.1 Å². The van der Waals surface area contributed by atoms with Gasteiger partial charge in [0.25, 0.3) is 5.91 Å². The number of hydrogen-bond donors (Lipinski definition) is 1. The Hall–Kier alpha value is -3.79. The lowest BCUT2D eigenvalue weighted by Crippen LogP contribution is -2.30.